The van der Waals surface area contributed by atoms with Crippen molar-refractivity contribution in [1.29, 1.82) is 0 Å². The molecule has 0 spiro atoms. The van der Waals surface area contributed by atoms with Crippen molar-refractivity contribution in [3.8, 4) is 0 Å². The molecule has 0 amide bonds. The van der Waals surface area contributed by atoms with E-state index in [2.05, 4.69) is 0 Å². The van der Waals surface area contributed by atoms with Crippen molar-refractivity contribution >= 4 is 21.4 Å². The Hall–Kier alpha value is -2.22. The van der Waals surface area contributed by atoms with Crippen LogP contribution in [0.3, 0.4) is 0 Å². The van der Waals surface area contributed by atoms with Crippen molar-refractivity contribution in [3.05, 3.63) is 53.8 Å². The summed E-state index contributed by atoms with van der Waals surface area (Å²) in [5.74, 6) is -5.08. The highest BCUT2D eigenvalue weighted by Gasteiger charge is 2.24. The number of benzene rings is 2. The van der Waals surface area contributed by atoms with Crippen LogP contribution in [0.5, 0.6) is 0 Å². The quantitative estimate of drug-likeness (QED) is 0.676. The second-order valence-corrected chi connectivity index (χ2v) is 5.55. The molecule has 2 rings (SSSR count). The van der Waals surface area contributed by atoms with Gasteiger partial charge in [0.1, 0.15) is 4.90 Å². The van der Waals surface area contributed by atoms with E-state index < -0.39 is 32.4 Å². The molecule has 0 aliphatic carbocycles. The fourth-order valence-corrected chi connectivity index (χ4v) is 2.61. The molecule has 106 valence electrons. The number of hydrogen-bond acceptors (Lipinski definition) is 3. The first-order valence-electron chi connectivity index (χ1n) is 5.33. The largest absolute Gasteiger partial charge is 0.399 e. The molecule has 0 fully saturated rings. The Kier molecular flexibility index (Phi) is 3.58. The lowest BCUT2D eigenvalue weighted by atomic mass is 10.3. The number of anilines is 2. The van der Waals surface area contributed by atoms with Crippen molar-refractivity contribution in [3.63, 3.8) is 0 Å². The van der Waals surface area contributed by atoms with Gasteiger partial charge in [0.05, 0.1) is 0 Å². The lowest BCUT2D eigenvalue weighted by Gasteiger charge is -2.09. The molecule has 0 aliphatic rings. The maximum atomic E-state index is 13.5. The van der Waals surface area contributed by atoms with Crippen molar-refractivity contribution in [2.75, 3.05) is 10.5 Å². The predicted octanol–water partition coefficient (Wildman–Crippen LogP) is 2.49. The molecule has 3 N–H and O–H groups in total. The molecule has 0 saturated carbocycles. The van der Waals surface area contributed by atoms with Crippen LogP contribution >= 0.6 is 0 Å². The van der Waals surface area contributed by atoms with Crippen molar-refractivity contribution < 1.29 is 21.6 Å². The molecule has 0 unspecified atom stereocenters. The highest BCUT2D eigenvalue weighted by Crippen LogP contribution is 2.22. The van der Waals surface area contributed by atoms with E-state index in [4.69, 9.17) is 5.73 Å². The number of nitrogen functional groups attached to an aromatic ring is 1. The van der Waals surface area contributed by atoms with Gasteiger partial charge in [0.2, 0.25) is 0 Å². The van der Waals surface area contributed by atoms with Crippen LogP contribution in [0.25, 0.3) is 0 Å². The van der Waals surface area contributed by atoms with Crippen LogP contribution in [0, 0.1) is 17.5 Å². The molecular weight excluding hydrogens is 293 g/mol. The summed E-state index contributed by atoms with van der Waals surface area (Å²) in [4.78, 5) is -0.978. The fourth-order valence-electron chi connectivity index (χ4n) is 1.48. The summed E-state index contributed by atoms with van der Waals surface area (Å²) >= 11 is 0. The van der Waals surface area contributed by atoms with Crippen LogP contribution in [0.2, 0.25) is 0 Å². The zero-order chi connectivity index (χ0) is 14.9. The molecule has 2 aromatic carbocycles. The Bertz CT molecular complexity index is 746. The Morgan fingerprint density at radius 2 is 1.50 bits per heavy atom. The molecule has 20 heavy (non-hydrogen) atoms. The van der Waals surface area contributed by atoms with Crippen LogP contribution in [0.15, 0.2) is 41.3 Å². The number of halogens is 3. The fraction of sp³-hybridized carbons (Fsp3) is 0. The summed E-state index contributed by atoms with van der Waals surface area (Å²) < 4.78 is 65.1. The van der Waals surface area contributed by atoms with Gasteiger partial charge < -0.3 is 5.73 Å². The molecule has 2 aromatic rings. The third-order valence-corrected chi connectivity index (χ3v) is 3.85. The van der Waals surface area contributed by atoms with Gasteiger partial charge in [0, 0.05) is 11.4 Å². The average Bonchev–Trinajstić information content (AvgIpc) is 2.38. The van der Waals surface area contributed by atoms with E-state index >= 15 is 0 Å². The normalized spacial score (nSPS) is 11.3. The third-order valence-electron chi connectivity index (χ3n) is 2.45. The number of nitrogens with one attached hydrogen (secondary N) is 1. The third kappa shape index (κ3) is 2.69. The molecule has 0 saturated heterocycles. The summed E-state index contributed by atoms with van der Waals surface area (Å²) in [6.07, 6.45) is 0. The number of hydrogen-bond donors (Lipinski definition) is 2. The molecule has 0 heterocycles. The second-order valence-electron chi connectivity index (χ2n) is 3.90. The molecule has 0 atom stereocenters. The first kappa shape index (κ1) is 14.2. The predicted molar refractivity (Wildman–Crippen MR) is 68.0 cm³/mol. The molecule has 0 radical (unpaired) electrons. The summed E-state index contributed by atoms with van der Waals surface area (Å²) in [6.45, 7) is 0. The van der Waals surface area contributed by atoms with Crippen molar-refractivity contribution in [1.82, 2.24) is 0 Å². The van der Waals surface area contributed by atoms with Gasteiger partial charge in [-0.25, -0.2) is 21.6 Å². The highest BCUT2D eigenvalue weighted by atomic mass is 32.2. The Morgan fingerprint density at radius 1 is 0.900 bits per heavy atom. The van der Waals surface area contributed by atoms with Crippen LogP contribution in [-0.2, 0) is 10.0 Å². The first-order valence-corrected chi connectivity index (χ1v) is 6.81. The molecule has 0 bridgehead atoms. The van der Waals surface area contributed by atoms with E-state index in [1.165, 1.54) is 24.3 Å². The van der Waals surface area contributed by atoms with Crippen LogP contribution in [0.4, 0.5) is 24.5 Å². The van der Waals surface area contributed by atoms with Crippen molar-refractivity contribution in [2.24, 2.45) is 0 Å². The van der Waals surface area contributed by atoms with E-state index in [0.29, 0.717) is 17.8 Å². The summed E-state index contributed by atoms with van der Waals surface area (Å²) in [6, 6.07) is 6.75. The van der Waals surface area contributed by atoms with Crippen LogP contribution in [-0.4, -0.2) is 8.42 Å². The zero-order valence-electron chi connectivity index (χ0n) is 9.90. The first-order chi connectivity index (χ1) is 9.31. The maximum absolute atomic E-state index is 13.5. The van der Waals surface area contributed by atoms with Gasteiger partial charge in [-0.2, -0.15) is 0 Å². The smallest absolute Gasteiger partial charge is 0.264 e. The highest BCUT2D eigenvalue weighted by molar-refractivity contribution is 7.92. The summed E-state index contributed by atoms with van der Waals surface area (Å²) in [7, 11) is -4.37. The summed E-state index contributed by atoms with van der Waals surface area (Å²) in [5.41, 5.74) is 5.96. The van der Waals surface area contributed by atoms with E-state index in [1.807, 2.05) is 4.72 Å². The molecule has 4 nitrogen and oxygen atoms in total. The number of nitrogens with two attached hydrogens (primary N) is 1. The van der Waals surface area contributed by atoms with Gasteiger partial charge in [0.25, 0.3) is 10.0 Å². The van der Waals surface area contributed by atoms with Gasteiger partial charge >= 0.3 is 0 Å². The van der Waals surface area contributed by atoms with E-state index in [1.54, 1.807) is 0 Å². The van der Waals surface area contributed by atoms with E-state index in [-0.39, 0.29) is 5.69 Å². The van der Waals surface area contributed by atoms with E-state index in [0.717, 1.165) is 0 Å². The molecular formula is C12H9F3N2O2S. The topological polar surface area (TPSA) is 72.2 Å². The van der Waals surface area contributed by atoms with Crippen LogP contribution in [0.1, 0.15) is 0 Å². The molecule has 0 aromatic heterocycles. The molecule has 8 heteroatoms. The second kappa shape index (κ2) is 5.04. The lowest BCUT2D eigenvalue weighted by Crippen LogP contribution is -2.15. The van der Waals surface area contributed by atoms with Crippen LogP contribution < -0.4 is 10.5 Å². The number of sulfonamides is 1. The number of rotatable bonds is 3. The monoisotopic (exact) mass is 302 g/mol. The summed E-state index contributed by atoms with van der Waals surface area (Å²) in [5, 5.41) is 0. The standard InChI is InChI=1S/C12H9F3N2O2S/c13-9-5-6-10(12(15)11(9)14)20(18,19)17-8-3-1-7(16)2-4-8/h1-6,17H,16H2. The SMILES string of the molecule is Nc1ccc(NS(=O)(=O)c2ccc(F)c(F)c2F)cc1. The minimum atomic E-state index is -4.37. The van der Waals surface area contributed by atoms with E-state index in [9.17, 15) is 21.6 Å². The van der Waals surface area contributed by atoms with Gasteiger partial charge in [-0.15, -0.1) is 0 Å². The maximum Gasteiger partial charge on any atom is 0.264 e. The van der Waals surface area contributed by atoms with Crippen molar-refractivity contribution in [2.45, 2.75) is 4.90 Å². The lowest BCUT2D eigenvalue weighted by molar-refractivity contribution is 0.432. The zero-order valence-corrected chi connectivity index (χ0v) is 10.7. The molecule has 0 aliphatic heterocycles. The minimum Gasteiger partial charge on any atom is -0.399 e. The minimum absolute atomic E-state index is 0.114. The van der Waals surface area contributed by atoms with Gasteiger partial charge in [0.15, 0.2) is 17.5 Å². The Morgan fingerprint density at radius 3 is 2.10 bits per heavy atom. The Balaban J connectivity index is 2.41. The Labute approximate surface area is 113 Å². The van der Waals surface area contributed by atoms with Gasteiger partial charge in [-0.05, 0) is 36.4 Å². The van der Waals surface area contributed by atoms with Gasteiger partial charge in [-0.1, -0.05) is 0 Å². The average molecular weight is 302 g/mol. The van der Waals surface area contributed by atoms with Gasteiger partial charge in [-0.3, -0.25) is 4.72 Å².